The van der Waals surface area contributed by atoms with E-state index in [-0.39, 0.29) is 18.3 Å². The molecule has 1 amide bonds. The van der Waals surface area contributed by atoms with E-state index in [1.807, 2.05) is 0 Å². The predicted octanol–water partition coefficient (Wildman–Crippen LogP) is 3.02. The molecule has 2 aromatic rings. The Morgan fingerprint density at radius 2 is 1.70 bits per heavy atom. The van der Waals surface area contributed by atoms with Crippen molar-refractivity contribution >= 4 is 17.6 Å². The molecule has 0 aliphatic heterocycles. The highest BCUT2D eigenvalue weighted by Crippen LogP contribution is 2.12. The zero-order chi connectivity index (χ0) is 16.7. The summed E-state index contributed by atoms with van der Waals surface area (Å²) in [5, 5.41) is 2.63. The molecule has 0 fully saturated rings. The van der Waals surface area contributed by atoms with E-state index in [1.165, 1.54) is 24.3 Å². The monoisotopic (exact) mass is 317 g/mol. The van der Waals surface area contributed by atoms with E-state index >= 15 is 0 Å². The van der Waals surface area contributed by atoms with Gasteiger partial charge in [-0.05, 0) is 55.5 Å². The van der Waals surface area contributed by atoms with Crippen LogP contribution in [0, 0.1) is 5.82 Å². The summed E-state index contributed by atoms with van der Waals surface area (Å²) in [6, 6.07) is 11.7. The number of rotatable bonds is 6. The SMILES string of the molecule is CCOC(=O)c1ccc(NC(=O)COc2ccc(F)cc2)cc1. The third kappa shape index (κ3) is 5.10. The lowest BCUT2D eigenvalue weighted by Gasteiger charge is -2.08. The Morgan fingerprint density at radius 1 is 1.04 bits per heavy atom. The van der Waals surface area contributed by atoms with Crippen molar-refractivity contribution < 1.29 is 23.5 Å². The van der Waals surface area contributed by atoms with Crippen molar-refractivity contribution in [3.8, 4) is 5.75 Å². The van der Waals surface area contributed by atoms with Crippen molar-refractivity contribution in [1.82, 2.24) is 0 Å². The summed E-state index contributed by atoms with van der Waals surface area (Å²) in [5.41, 5.74) is 0.943. The third-order valence-corrected chi connectivity index (χ3v) is 2.86. The van der Waals surface area contributed by atoms with Crippen LogP contribution >= 0.6 is 0 Å². The van der Waals surface area contributed by atoms with Crippen molar-refractivity contribution in [3.63, 3.8) is 0 Å². The number of ether oxygens (including phenoxy) is 2. The lowest BCUT2D eigenvalue weighted by molar-refractivity contribution is -0.118. The van der Waals surface area contributed by atoms with Crippen LogP contribution in [-0.2, 0) is 9.53 Å². The van der Waals surface area contributed by atoms with E-state index in [0.29, 0.717) is 23.6 Å². The van der Waals surface area contributed by atoms with Crippen LogP contribution in [0.25, 0.3) is 0 Å². The summed E-state index contributed by atoms with van der Waals surface area (Å²) < 4.78 is 22.9. The quantitative estimate of drug-likeness (QED) is 0.832. The first-order chi connectivity index (χ1) is 11.1. The molecule has 2 rings (SSSR count). The van der Waals surface area contributed by atoms with Crippen LogP contribution in [0.4, 0.5) is 10.1 Å². The second kappa shape index (κ2) is 7.93. The van der Waals surface area contributed by atoms with Crippen LogP contribution in [0.5, 0.6) is 5.75 Å². The van der Waals surface area contributed by atoms with Gasteiger partial charge >= 0.3 is 5.97 Å². The number of halogens is 1. The molecule has 2 aromatic carbocycles. The maximum Gasteiger partial charge on any atom is 0.338 e. The van der Waals surface area contributed by atoms with Crippen LogP contribution in [-0.4, -0.2) is 25.1 Å². The molecule has 0 spiro atoms. The van der Waals surface area contributed by atoms with Crippen LogP contribution in [0.1, 0.15) is 17.3 Å². The Morgan fingerprint density at radius 3 is 2.30 bits per heavy atom. The minimum Gasteiger partial charge on any atom is -0.484 e. The Kier molecular flexibility index (Phi) is 5.68. The van der Waals surface area contributed by atoms with Crippen LogP contribution in [0.2, 0.25) is 0 Å². The first kappa shape index (κ1) is 16.5. The van der Waals surface area contributed by atoms with Gasteiger partial charge in [0.1, 0.15) is 11.6 Å². The third-order valence-electron chi connectivity index (χ3n) is 2.86. The number of carbonyl (C=O) groups excluding carboxylic acids is 2. The Bertz CT molecular complexity index is 668. The first-order valence-electron chi connectivity index (χ1n) is 7.04. The van der Waals surface area contributed by atoms with Gasteiger partial charge in [-0.3, -0.25) is 4.79 Å². The second-order valence-electron chi connectivity index (χ2n) is 4.59. The van der Waals surface area contributed by atoms with E-state index in [4.69, 9.17) is 9.47 Å². The molecule has 0 saturated carbocycles. The fraction of sp³-hybridized carbons (Fsp3) is 0.176. The topological polar surface area (TPSA) is 64.6 Å². The van der Waals surface area contributed by atoms with E-state index in [0.717, 1.165) is 0 Å². The van der Waals surface area contributed by atoms with Crippen LogP contribution < -0.4 is 10.1 Å². The fourth-order valence-corrected chi connectivity index (χ4v) is 1.78. The van der Waals surface area contributed by atoms with Gasteiger partial charge in [0, 0.05) is 5.69 Å². The summed E-state index contributed by atoms with van der Waals surface area (Å²) in [6.07, 6.45) is 0. The smallest absolute Gasteiger partial charge is 0.338 e. The Labute approximate surface area is 133 Å². The van der Waals surface area contributed by atoms with Crippen LogP contribution in [0.3, 0.4) is 0 Å². The van der Waals surface area contributed by atoms with E-state index in [1.54, 1.807) is 31.2 Å². The zero-order valence-corrected chi connectivity index (χ0v) is 12.5. The molecule has 0 bridgehead atoms. The van der Waals surface area contributed by atoms with Gasteiger partial charge in [-0.25, -0.2) is 9.18 Å². The molecule has 0 aliphatic carbocycles. The lowest BCUT2D eigenvalue weighted by atomic mass is 10.2. The number of esters is 1. The number of benzene rings is 2. The number of anilines is 1. The fourth-order valence-electron chi connectivity index (χ4n) is 1.78. The largest absolute Gasteiger partial charge is 0.484 e. The van der Waals surface area contributed by atoms with Crippen LogP contribution in [0.15, 0.2) is 48.5 Å². The molecule has 0 atom stereocenters. The summed E-state index contributed by atoms with van der Waals surface area (Å²) in [7, 11) is 0. The van der Waals surface area contributed by atoms with E-state index in [9.17, 15) is 14.0 Å². The molecular weight excluding hydrogens is 301 g/mol. The molecule has 0 heterocycles. The molecule has 0 saturated heterocycles. The average Bonchev–Trinajstić information content (AvgIpc) is 2.55. The Balaban J connectivity index is 1.85. The van der Waals surface area contributed by atoms with Gasteiger partial charge in [0.15, 0.2) is 6.61 Å². The van der Waals surface area contributed by atoms with Gasteiger partial charge in [-0.2, -0.15) is 0 Å². The number of hydrogen-bond acceptors (Lipinski definition) is 4. The summed E-state index contributed by atoms with van der Waals surface area (Å²) in [6.45, 7) is 1.83. The van der Waals surface area contributed by atoms with Gasteiger partial charge in [-0.15, -0.1) is 0 Å². The van der Waals surface area contributed by atoms with Gasteiger partial charge in [0.05, 0.1) is 12.2 Å². The molecule has 5 nitrogen and oxygen atoms in total. The number of nitrogens with one attached hydrogen (secondary N) is 1. The van der Waals surface area contributed by atoms with Crippen molar-refractivity contribution in [1.29, 1.82) is 0 Å². The minimum atomic E-state index is -0.412. The van der Waals surface area contributed by atoms with Gasteiger partial charge < -0.3 is 14.8 Å². The highest BCUT2D eigenvalue weighted by molar-refractivity contribution is 5.93. The Hall–Kier alpha value is -2.89. The highest BCUT2D eigenvalue weighted by Gasteiger charge is 2.07. The average molecular weight is 317 g/mol. The molecule has 23 heavy (non-hydrogen) atoms. The molecular formula is C17H16FNO4. The standard InChI is InChI=1S/C17H16FNO4/c1-2-22-17(21)12-3-7-14(8-4-12)19-16(20)11-23-15-9-5-13(18)6-10-15/h3-10H,2,11H2,1H3,(H,19,20). The second-order valence-corrected chi connectivity index (χ2v) is 4.59. The zero-order valence-electron chi connectivity index (χ0n) is 12.5. The first-order valence-corrected chi connectivity index (χ1v) is 7.04. The molecule has 1 N–H and O–H groups in total. The van der Waals surface area contributed by atoms with Crippen molar-refractivity contribution in [3.05, 3.63) is 59.9 Å². The van der Waals surface area contributed by atoms with Gasteiger partial charge in [-0.1, -0.05) is 0 Å². The van der Waals surface area contributed by atoms with Crippen molar-refractivity contribution in [2.24, 2.45) is 0 Å². The van der Waals surface area contributed by atoms with E-state index in [2.05, 4.69) is 5.32 Å². The highest BCUT2D eigenvalue weighted by atomic mass is 19.1. The normalized spacial score (nSPS) is 10.0. The van der Waals surface area contributed by atoms with Crippen molar-refractivity contribution in [2.75, 3.05) is 18.5 Å². The molecule has 0 aliphatic rings. The molecule has 120 valence electrons. The molecule has 0 unspecified atom stereocenters. The molecule has 6 heteroatoms. The van der Waals surface area contributed by atoms with Crippen molar-refractivity contribution in [2.45, 2.75) is 6.92 Å². The lowest BCUT2D eigenvalue weighted by Crippen LogP contribution is -2.20. The number of carbonyl (C=O) groups is 2. The summed E-state index contributed by atoms with van der Waals surface area (Å²) >= 11 is 0. The maximum absolute atomic E-state index is 12.7. The minimum absolute atomic E-state index is 0.203. The van der Waals surface area contributed by atoms with Gasteiger partial charge in [0.2, 0.25) is 0 Å². The van der Waals surface area contributed by atoms with Gasteiger partial charge in [0.25, 0.3) is 5.91 Å². The van der Waals surface area contributed by atoms with E-state index < -0.39 is 5.97 Å². The predicted molar refractivity (Wildman–Crippen MR) is 82.9 cm³/mol. The maximum atomic E-state index is 12.7. The number of hydrogen-bond donors (Lipinski definition) is 1. The molecule has 0 aromatic heterocycles. The molecule has 0 radical (unpaired) electrons. The summed E-state index contributed by atoms with van der Waals surface area (Å²) in [5.74, 6) is -0.745. The summed E-state index contributed by atoms with van der Waals surface area (Å²) in [4.78, 5) is 23.3. The number of amides is 1.